The van der Waals surface area contributed by atoms with Crippen LogP contribution in [-0.4, -0.2) is 35.7 Å². The lowest BCUT2D eigenvalue weighted by atomic mass is 10.2. The molecule has 0 saturated carbocycles. The third-order valence-electron chi connectivity index (χ3n) is 3.70. The second-order valence-corrected chi connectivity index (χ2v) is 4.75. The summed E-state index contributed by atoms with van der Waals surface area (Å²) in [5.74, 6) is 0. The Balaban J connectivity index is 2.06. The van der Waals surface area contributed by atoms with E-state index in [1.165, 1.54) is 17.6 Å². The summed E-state index contributed by atoms with van der Waals surface area (Å²) >= 11 is 0. The van der Waals surface area contributed by atoms with Gasteiger partial charge in [0.15, 0.2) is 0 Å². The summed E-state index contributed by atoms with van der Waals surface area (Å²) in [6.07, 6.45) is 5.18. The van der Waals surface area contributed by atoms with E-state index in [1.54, 1.807) is 0 Å². The number of nitrogens with zero attached hydrogens (tertiary/aromatic N) is 3. The maximum Gasteiger partial charge on any atom is 0.0903 e. The van der Waals surface area contributed by atoms with Crippen molar-refractivity contribution in [3.8, 4) is 0 Å². The lowest BCUT2D eigenvalue weighted by molar-refractivity contribution is 0.686. The van der Waals surface area contributed by atoms with E-state index in [2.05, 4.69) is 52.2 Å². The van der Waals surface area contributed by atoms with Crippen LogP contribution in [0.25, 0.3) is 11.0 Å². The smallest absolute Gasteiger partial charge is 0.0903 e. The predicted molar refractivity (Wildman–Crippen MR) is 70.4 cm³/mol. The van der Waals surface area contributed by atoms with Gasteiger partial charge in [-0.3, -0.25) is 4.98 Å². The van der Waals surface area contributed by atoms with Gasteiger partial charge >= 0.3 is 0 Å². The monoisotopic (exact) mass is 230 g/mol. The molecule has 4 nitrogen and oxygen atoms in total. The molecule has 0 aromatic carbocycles. The minimum Gasteiger partial charge on any atom is -0.368 e. The van der Waals surface area contributed by atoms with Crippen LogP contribution in [0, 0.1) is 0 Å². The number of hydrogen-bond acceptors (Lipinski definition) is 3. The minimum absolute atomic E-state index is 0.593. The second kappa shape index (κ2) is 4.04. The predicted octanol–water partition coefficient (Wildman–Crippen LogP) is 1.37. The van der Waals surface area contributed by atoms with Crippen molar-refractivity contribution in [3.05, 3.63) is 24.5 Å². The molecular formula is C13H18N4. The van der Waals surface area contributed by atoms with E-state index in [-0.39, 0.29) is 0 Å². The van der Waals surface area contributed by atoms with Gasteiger partial charge < -0.3 is 14.8 Å². The van der Waals surface area contributed by atoms with Crippen molar-refractivity contribution in [1.29, 1.82) is 0 Å². The lowest BCUT2D eigenvalue weighted by Crippen LogP contribution is -2.33. The quantitative estimate of drug-likeness (QED) is 0.846. The van der Waals surface area contributed by atoms with Gasteiger partial charge in [-0.15, -0.1) is 0 Å². The van der Waals surface area contributed by atoms with Crippen LogP contribution < -0.4 is 10.2 Å². The first kappa shape index (κ1) is 10.6. The molecule has 3 rings (SSSR count). The summed E-state index contributed by atoms with van der Waals surface area (Å²) in [5, 5.41) is 3.42. The van der Waals surface area contributed by atoms with Gasteiger partial charge in [0.05, 0.1) is 16.7 Å². The fraction of sp³-hybridized carbons (Fsp3) is 0.462. The summed E-state index contributed by atoms with van der Waals surface area (Å²) in [7, 11) is 4.26. The molecule has 2 aromatic heterocycles. The Labute approximate surface area is 101 Å². The molecule has 4 heteroatoms. The van der Waals surface area contributed by atoms with Gasteiger partial charge in [-0.05, 0) is 25.1 Å². The molecule has 3 heterocycles. The highest BCUT2D eigenvalue weighted by molar-refractivity contribution is 5.89. The van der Waals surface area contributed by atoms with E-state index >= 15 is 0 Å². The lowest BCUT2D eigenvalue weighted by Gasteiger charge is -2.26. The van der Waals surface area contributed by atoms with Crippen LogP contribution >= 0.6 is 0 Å². The van der Waals surface area contributed by atoms with Gasteiger partial charge in [-0.1, -0.05) is 0 Å². The van der Waals surface area contributed by atoms with E-state index < -0.39 is 0 Å². The first-order valence-electron chi connectivity index (χ1n) is 6.11. The number of pyridine rings is 1. The maximum absolute atomic E-state index is 4.41. The van der Waals surface area contributed by atoms with Crippen molar-refractivity contribution in [2.24, 2.45) is 7.05 Å². The van der Waals surface area contributed by atoms with E-state index in [4.69, 9.17) is 0 Å². The Morgan fingerprint density at radius 1 is 1.47 bits per heavy atom. The van der Waals surface area contributed by atoms with Gasteiger partial charge in [0.1, 0.15) is 0 Å². The molecule has 1 atom stereocenters. The highest BCUT2D eigenvalue weighted by Gasteiger charge is 2.21. The zero-order chi connectivity index (χ0) is 11.8. The molecule has 0 radical (unpaired) electrons. The van der Waals surface area contributed by atoms with Gasteiger partial charge in [0.25, 0.3) is 0 Å². The normalized spacial score (nSPS) is 20.0. The second-order valence-electron chi connectivity index (χ2n) is 4.75. The summed E-state index contributed by atoms with van der Waals surface area (Å²) in [6.45, 7) is 2.20. The van der Waals surface area contributed by atoms with Crippen molar-refractivity contribution in [2.75, 3.05) is 25.0 Å². The van der Waals surface area contributed by atoms with Gasteiger partial charge in [0.2, 0.25) is 0 Å². The highest BCUT2D eigenvalue weighted by Crippen LogP contribution is 2.27. The summed E-state index contributed by atoms with van der Waals surface area (Å²) in [5.41, 5.74) is 3.57. The van der Waals surface area contributed by atoms with Crippen molar-refractivity contribution in [2.45, 2.75) is 12.5 Å². The summed E-state index contributed by atoms with van der Waals surface area (Å²) in [4.78, 5) is 6.79. The van der Waals surface area contributed by atoms with Crippen LogP contribution in [0.1, 0.15) is 6.42 Å². The van der Waals surface area contributed by atoms with Crippen molar-refractivity contribution in [1.82, 2.24) is 14.9 Å². The number of rotatable bonds is 2. The number of aryl methyl sites for hydroxylation is 1. The first-order valence-corrected chi connectivity index (χ1v) is 6.11. The van der Waals surface area contributed by atoms with Gasteiger partial charge in [-0.2, -0.15) is 0 Å². The van der Waals surface area contributed by atoms with Crippen molar-refractivity contribution in [3.63, 3.8) is 0 Å². The van der Waals surface area contributed by atoms with Crippen LogP contribution in [-0.2, 0) is 7.05 Å². The number of nitrogens with one attached hydrogen (secondary N) is 1. The Morgan fingerprint density at radius 3 is 3.12 bits per heavy atom. The fourth-order valence-electron chi connectivity index (χ4n) is 2.65. The Morgan fingerprint density at radius 2 is 2.35 bits per heavy atom. The number of fused-ring (bicyclic) bond motifs is 1. The van der Waals surface area contributed by atoms with E-state index in [0.29, 0.717) is 6.04 Å². The molecular weight excluding hydrogens is 212 g/mol. The zero-order valence-electron chi connectivity index (χ0n) is 10.3. The van der Waals surface area contributed by atoms with Crippen molar-refractivity contribution >= 4 is 16.7 Å². The molecule has 1 unspecified atom stereocenters. The van der Waals surface area contributed by atoms with Crippen LogP contribution in [0.4, 0.5) is 5.69 Å². The third-order valence-corrected chi connectivity index (χ3v) is 3.70. The Bertz CT molecular complexity index is 525. The van der Waals surface area contributed by atoms with Crippen LogP contribution in [0.3, 0.4) is 0 Å². The molecule has 0 spiro atoms. The molecule has 2 aromatic rings. The Hall–Kier alpha value is -1.55. The molecule has 0 bridgehead atoms. The molecule has 1 N–H and O–H groups in total. The van der Waals surface area contributed by atoms with Crippen LogP contribution in [0.15, 0.2) is 24.5 Å². The van der Waals surface area contributed by atoms with E-state index in [9.17, 15) is 0 Å². The Kier molecular flexibility index (Phi) is 2.52. The fourth-order valence-corrected chi connectivity index (χ4v) is 2.65. The third kappa shape index (κ3) is 1.69. The molecule has 17 heavy (non-hydrogen) atoms. The molecule has 1 aliphatic heterocycles. The average molecular weight is 230 g/mol. The van der Waals surface area contributed by atoms with Gasteiger partial charge in [0, 0.05) is 39.1 Å². The minimum atomic E-state index is 0.593. The van der Waals surface area contributed by atoms with Gasteiger partial charge in [-0.25, -0.2) is 0 Å². The number of hydrogen-bond donors (Lipinski definition) is 1. The average Bonchev–Trinajstić information content (AvgIpc) is 2.98. The SMILES string of the molecule is CN(c1ccnc2ccn(C)c12)C1CCNC1. The molecule has 0 amide bonds. The van der Waals surface area contributed by atoms with E-state index in [1.807, 2.05) is 6.20 Å². The molecule has 1 fully saturated rings. The summed E-state index contributed by atoms with van der Waals surface area (Å²) < 4.78 is 2.15. The summed E-state index contributed by atoms with van der Waals surface area (Å²) in [6, 6.07) is 4.77. The molecule has 1 saturated heterocycles. The molecule has 1 aliphatic rings. The zero-order valence-corrected chi connectivity index (χ0v) is 10.3. The number of aromatic nitrogens is 2. The molecule has 0 aliphatic carbocycles. The molecule has 90 valence electrons. The van der Waals surface area contributed by atoms with Crippen LogP contribution in [0.2, 0.25) is 0 Å². The van der Waals surface area contributed by atoms with E-state index in [0.717, 1.165) is 18.6 Å². The number of likely N-dealkylation sites (N-methyl/N-ethyl adjacent to an activating group) is 1. The first-order chi connectivity index (χ1) is 8.27. The standard InChI is InChI=1S/C13H18N4/c1-16-8-5-11-13(16)12(4-7-15-11)17(2)10-3-6-14-9-10/h4-5,7-8,10,14H,3,6,9H2,1-2H3. The largest absolute Gasteiger partial charge is 0.368 e. The van der Waals surface area contributed by atoms with Crippen molar-refractivity contribution < 1.29 is 0 Å². The highest BCUT2D eigenvalue weighted by atomic mass is 15.2. The maximum atomic E-state index is 4.41. The van der Waals surface area contributed by atoms with Crippen LogP contribution in [0.5, 0.6) is 0 Å². The topological polar surface area (TPSA) is 33.1 Å². The number of anilines is 1.